The Kier molecular flexibility index (Phi) is 9.45. The number of pyridine rings is 1. The van der Waals surface area contributed by atoms with E-state index in [4.69, 9.17) is 15.3 Å². The lowest BCUT2D eigenvalue weighted by atomic mass is 10.1. The van der Waals surface area contributed by atoms with Crippen LogP contribution in [0.15, 0.2) is 29.5 Å². The summed E-state index contributed by atoms with van der Waals surface area (Å²) >= 11 is 0. The van der Waals surface area contributed by atoms with E-state index < -0.39 is 0 Å². The van der Waals surface area contributed by atoms with Crippen molar-refractivity contribution in [1.82, 2.24) is 10.5 Å². The Morgan fingerprint density at radius 1 is 1.23 bits per heavy atom. The maximum atomic E-state index is 11.7. The fourth-order valence-corrected chi connectivity index (χ4v) is 2.57. The van der Waals surface area contributed by atoms with E-state index in [-0.39, 0.29) is 12.0 Å². The number of rotatable bonds is 10. The quantitative estimate of drug-likeness (QED) is 0.254. The molecule has 8 heteroatoms. The highest BCUT2D eigenvalue weighted by atomic mass is 16.7. The third-order valence-electron chi connectivity index (χ3n) is 4.05. The molecular formula is C18H29N5O3. The number of nitrogens with one attached hydrogen (secondary N) is 2. The molecule has 1 aromatic heterocycles. The van der Waals surface area contributed by atoms with Gasteiger partial charge in [0.05, 0.1) is 6.10 Å². The topological polar surface area (TPSA) is 111 Å². The molecule has 1 amide bonds. The molecule has 1 fully saturated rings. The number of anilines is 1. The molecule has 0 unspecified atom stereocenters. The Hall–Kier alpha value is -2.19. The van der Waals surface area contributed by atoms with Crippen LogP contribution >= 0.6 is 0 Å². The first-order valence-electron chi connectivity index (χ1n) is 9.23. The van der Waals surface area contributed by atoms with E-state index in [1.165, 1.54) is 0 Å². The molecule has 0 spiro atoms. The third-order valence-corrected chi connectivity index (χ3v) is 4.05. The van der Waals surface area contributed by atoms with E-state index in [1.807, 2.05) is 12.1 Å². The highest BCUT2D eigenvalue weighted by molar-refractivity contribution is 5.92. The molecule has 0 radical (unpaired) electrons. The molecule has 144 valence electrons. The van der Waals surface area contributed by atoms with Gasteiger partial charge in [0.25, 0.3) is 0 Å². The molecule has 0 bridgehead atoms. The summed E-state index contributed by atoms with van der Waals surface area (Å²) in [7, 11) is 0. The number of hydrogen-bond donors (Lipinski definition) is 3. The van der Waals surface area contributed by atoms with Crippen LogP contribution in [0.5, 0.6) is 0 Å². The average molecular weight is 363 g/mol. The lowest BCUT2D eigenvalue weighted by Crippen LogP contribution is -2.33. The summed E-state index contributed by atoms with van der Waals surface area (Å²) in [5, 5.41) is 3.01. The number of carbonyl (C=O) groups excluding carboxylic acids is 1. The Morgan fingerprint density at radius 3 is 2.73 bits per heavy atom. The van der Waals surface area contributed by atoms with Crippen LogP contribution in [-0.2, 0) is 14.4 Å². The van der Waals surface area contributed by atoms with Crippen LogP contribution in [0, 0.1) is 0 Å². The number of nitrogens with two attached hydrogens (primary N) is 1. The van der Waals surface area contributed by atoms with Gasteiger partial charge in [0, 0.05) is 44.3 Å². The van der Waals surface area contributed by atoms with E-state index in [2.05, 4.69) is 20.8 Å². The summed E-state index contributed by atoms with van der Waals surface area (Å²) in [4.78, 5) is 25.3. The van der Waals surface area contributed by atoms with Crippen molar-refractivity contribution in [2.45, 2.75) is 51.0 Å². The number of hydroxylamine groups is 1. The van der Waals surface area contributed by atoms with Crippen LogP contribution in [0.1, 0.15) is 44.9 Å². The molecule has 0 aliphatic carbocycles. The number of ether oxygens (including phenoxy) is 1. The molecule has 0 saturated carbocycles. The lowest BCUT2D eigenvalue weighted by Gasteiger charge is -2.21. The normalized spacial score (nSPS) is 15.6. The monoisotopic (exact) mass is 363 g/mol. The second-order valence-corrected chi connectivity index (χ2v) is 6.25. The summed E-state index contributed by atoms with van der Waals surface area (Å²) in [6, 6.07) is 3.67. The van der Waals surface area contributed by atoms with Gasteiger partial charge < -0.3 is 15.8 Å². The number of aromatic nitrogens is 1. The van der Waals surface area contributed by atoms with E-state index in [9.17, 15) is 4.79 Å². The van der Waals surface area contributed by atoms with Crippen molar-refractivity contribution in [3.63, 3.8) is 0 Å². The molecule has 8 nitrogen and oxygen atoms in total. The largest absolute Gasteiger partial charge is 0.381 e. The summed E-state index contributed by atoms with van der Waals surface area (Å²) < 4.78 is 5.25. The summed E-state index contributed by atoms with van der Waals surface area (Å²) in [5.41, 5.74) is 9.24. The van der Waals surface area contributed by atoms with Gasteiger partial charge in [0.2, 0.25) is 5.91 Å². The molecular weight excluding hydrogens is 334 g/mol. The molecule has 1 saturated heterocycles. The highest BCUT2D eigenvalue weighted by Gasteiger charge is 2.15. The van der Waals surface area contributed by atoms with Crippen molar-refractivity contribution in [3.05, 3.63) is 24.5 Å². The Morgan fingerprint density at radius 2 is 1.96 bits per heavy atom. The van der Waals surface area contributed by atoms with Crippen LogP contribution in [0.4, 0.5) is 5.69 Å². The summed E-state index contributed by atoms with van der Waals surface area (Å²) in [5.74, 6) is 0.348. The molecule has 26 heavy (non-hydrogen) atoms. The Bertz CT molecular complexity index is 547. The van der Waals surface area contributed by atoms with Gasteiger partial charge in [-0.15, -0.1) is 0 Å². The fraction of sp³-hybridized carbons (Fsp3) is 0.611. The van der Waals surface area contributed by atoms with Crippen molar-refractivity contribution in [2.24, 2.45) is 10.7 Å². The van der Waals surface area contributed by atoms with Gasteiger partial charge >= 0.3 is 0 Å². The summed E-state index contributed by atoms with van der Waals surface area (Å²) in [6.45, 7) is 2.07. The number of aliphatic imine (C=N–C) groups is 1. The van der Waals surface area contributed by atoms with E-state index in [1.54, 1.807) is 12.4 Å². The van der Waals surface area contributed by atoms with E-state index >= 15 is 0 Å². The van der Waals surface area contributed by atoms with Crippen LogP contribution < -0.4 is 16.5 Å². The van der Waals surface area contributed by atoms with Gasteiger partial charge in [0.1, 0.15) is 0 Å². The van der Waals surface area contributed by atoms with E-state index in [0.29, 0.717) is 32.1 Å². The zero-order chi connectivity index (χ0) is 18.5. The first-order chi connectivity index (χ1) is 12.7. The van der Waals surface area contributed by atoms with Gasteiger partial charge in [-0.25, -0.2) is 5.48 Å². The molecule has 1 aliphatic rings. The maximum Gasteiger partial charge on any atom is 0.243 e. The molecule has 1 aromatic rings. The minimum absolute atomic E-state index is 0.0553. The molecule has 0 aromatic carbocycles. The van der Waals surface area contributed by atoms with Crippen LogP contribution in [0.2, 0.25) is 0 Å². The second-order valence-electron chi connectivity index (χ2n) is 6.25. The first-order valence-corrected chi connectivity index (χ1v) is 9.23. The van der Waals surface area contributed by atoms with Crippen LogP contribution in [-0.4, -0.2) is 42.7 Å². The predicted molar refractivity (Wildman–Crippen MR) is 101 cm³/mol. The van der Waals surface area contributed by atoms with Gasteiger partial charge in [-0.05, 0) is 37.8 Å². The zero-order valence-electron chi connectivity index (χ0n) is 15.2. The van der Waals surface area contributed by atoms with Gasteiger partial charge in [-0.3, -0.25) is 19.6 Å². The average Bonchev–Trinajstić information content (AvgIpc) is 2.67. The number of nitrogens with zero attached hydrogens (tertiary/aromatic N) is 2. The molecule has 2 heterocycles. The third kappa shape index (κ3) is 8.77. The zero-order valence-corrected chi connectivity index (χ0v) is 15.2. The molecule has 4 N–H and O–H groups in total. The second kappa shape index (κ2) is 12.2. The SMILES string of the molecule is NC(=NCCCCCCC(=O)NOC1CCOCC1)Nc1ccncc1. The maximum absolute atomic E-state index is 11.7. The highest BCUT2D eigenvalue weighted by Crippen LogP contribution is 2.09. The molecule has 0 atom stereocenters. The number of guanidine groups is 1. The van der Waals surface area contributed by atoms with Gasteiger partial charge in [-0.1, -0.05) is 12.8 Å². The Labute approximate surface area is 154 Å². The standard InChI is InChI=1S/C18H29N5O3/c19-18(22-15-6-11-20-12-7-15)21-10-4-2-1-3-5-17(24)23-26-16-8-13-25-14-9-16/h6-7,11-12,16H,1-5,8-10,13-14H2,(H,23,24)(H3,19,20,21,22). The first kappa shape index (κ1) is 20.1. The number of unbranched alkanes of at least 4 members (excludes halogenated alkanes) is 3. The van der Waals surface area contributed by atoms with Gasteiger partial charge in [-0.2, -0.15) is 0 Å². The fourth-order valence-electron chi connectivity index (χ4n) is 2.57. The molecule has 1 aliphatic heterocycles. The number of amides is 1. The minimum atomic E-state index is -0.0553. The Balaban J connectivity index is 1.44. The van der Waals surface area contributed by atoms with Crippen molar-refractivity contribution in [3.8, 4) is 0 Å². The van der Waals surface area contributed by atoms with Crippen molar-refractivity contribution < 1.29 is 14.4 Å². The number of hydrogen-bond acceptors (Lipinski definition) is 5. The van der Waals surface area contributed by atoms with Gasteiger partial charge in [0.15, 0.2) is 5.96 Å². The smallest absolute Gasteiger partial charge is 0.243 e. The lowest BCUT2D eigenvalue weighted by molar-refractivity contribution is -0.143. The number of carbonyl (C=O) groups is 1. The van der Waals surface area contributed by atoms with E-state index in [0.717, 1.165) is 44.2 Å². The summed E-state index contributed by atoms with van der Waals surface area (Å²) in [6.07, 6.45) is 9.41. The molecule has 2 rings (SSSR count). The van der Waals surface area contributed by atoms with Crippen molar-refractivity contribution >= 4 is 17.6 Å². The van der Waals surface area contributed by atoms with Crippen molar-refractivity contribution in [1.29, 1.82) is 0 Å². The van der Waals surface area contributed by atoms with Crippen LogP contribution in [0.25, 0.3) is 0 Å². The van der Waals surface area contributed by atoms with Crippen molar-refractivity contribution in [2.75, 3.05) is 25.1 Å². The minimum Gasteiger partial charge on any atom is -0.381 e. The van der Waals surface area contributed by atoms with Crippen LogP contribution in [0.3, 0.4) is 0 Å². The predicted octanol–water partition coefficient (Wildman–Crippen LogP) is 1.99.